The lowest BCUT2D eigenvalue weighted by Crippen LogP contribution is -2.37. The van der Waals surface area contributed by atoms with E-state index in [1.165, 1.54) is 6.92 Å². The molecule has 17 heavy (non-hydrogen) atoms. The summed E-state index contributed by atoms with van der Waals surface area (Å²) in [7, 11) is 6.37. The van der Waals surface area contributed by atoms with Crippen LogP contribution in [0.25, 0.3) is 0 Å². The van der Waals surface area contributed by atoms with Gasteiger partial charge in [0, 0.05) is 6.92 Å². The summed E-state index contributed by atoms with van der Waals surface area (Å²) in [5, 5.41) is 0. The molecule has 0 saturated heterocycles. The first-order chi connectivity index (χ1) is 7.42. The molecular formula is C12H28NO4+. The van der Waals surface area contributed by atoms with E-state index in [1.54, 1.807) is 0 Å². The summed E-state index contributed by atoms with van der Waals surface area (Å²) >= 11 is 0. The number of likely N-dealkylation sites (N-methyl/N-ethyl adjacent to an activating group) is 1. The van der Waals surface area contributed by atoms with Crippen molar-refractivity contribution in [2.45, 2.75) is 14.4 Å². The highest BCUT2D eigenvalue weighted by Gasteiger charge is 2.05. The van der Waals surface area contributed by atoms with Gasteiger partial charge in [-0.05, 0) is 0 Å². The topological polar surface area (TPSA) is 44.8 Å². The van der Waals surface area contributed by atoms with Crippen molar-refractivity contribution in [1.29, 1.82) is 0 Å². The summed E-state index contributed by atoms with van der Waals surface area (Å²) in [6.45, 7) is 4.96. The lowest BCUT2D eigenvalue weighted by atomic mass is 10.5. The zero-order valence-corrected chi connectivity index (χ0v) is 10.8. The average Bonchev–Trinajstić information content (AvgIpc) is 2.13. The van der Waals surface area contributed by atoms with Crippen LogP contribution in [0.1, 0.15) is 14.4 Å². The fraction of sp³-hybridized carbons (Fsp3) is 0.917. The Hall–Kier alpha value is -0.650. The molecule has 0 atom stereocenters. The van der Waals surface area contributed by atoms with Crippen LogP contribution in [0.5, 0.6) is 0 Å². The summed E-state index contributed by atoms with van der Waals surface area (Å²) in [4.78, 5) is 10.4. The second-order valence-corrected chi connectivity index (χ2v) is 4.58. The Morgan fingerprint density at radius 3 is 1.88 bits per heavy atom. The molecule has 104 valence electrons. The molecule has 0 rings (SSSR count). The molecule has 0 amide bonds. The number of quaternary nitrogens is 1. The summed E-state index contributed by atoms with van der Waals surface area (Å²) in [5.41, 5.74) is 0. The minimum Gasteiger partial charge on any atom is -0.463 e. The van der Waals surface area contributed by atoms with Gasteiger partial charge in [-0.25, -0.2) is 0 Å². The number of carbonyl (C=O) groups excluding carboxylic acids is 1. The van der Waals surface area contributed by atoms with E-state index in [1.807, 2.05) is 0 Å². The number of hydrogen-bond donors (Lipinski definition) is 0. The summed E-state index contributed by atoms with van der Waals surface area (Å²) in [6.07, 6.45) is 0. The van der Waals surface area contributed by atoms with Crippen molar-refractivity contribution in [2.75, 3.05) is 60.7 Å². The van der Waals surface area contributed by atoms with E-state index in [0.717, 1.165) is 17.6 Å². The van der Waals surface area contributed by atoms with Crippen molar-refractivity contribution >= 4 is 5.97 Å². The van der Waals surface area contributed by atoms with Gasteiger partial charge in [-0.3, -0.25) is 4.79 Å². The van der Waals surface area contributed by atoms with Gasteiger partial charge in [0.1, 0.15) is 13.2 Å². The molecule has 0 N–H and O–H groups in total. The van der Waals surface area contributed by atoms with E-state index in [4.69, 9.17) is 14.2 Å². The molecule has 5 heteroatoms. The molecule has 0 unspecified atom stereocenters. The van der Waals surface area contributed by atoms with Crippen LogP contribution >= 0.6 is 0 Å². The summed E-state index contributed by atoms with van der Waals surface area (Å²) < 4.78 is 16.2. The lowest BCUT2D eigenvalue weighted by molar-refractivity contribution is -0.870. The minimum absolute atomic E-state index is 0. The molecule has 0 aliphatic carbocycles. The number of hydrogen-bond acceptors (Lipinski definition) is 4. The first-order valence-electron chi connectivity index (χ1n) is 5.51. The van der Waals surface area contributed by atoms with Crippen molar-refractivity contribution in [3.63, 3.8) is 0 Å². The second kappa shape index (κ2) is 10.5. The molecule has 0 aliphatic heterocycles. The first kappa shape index (κ1) is 18.7. The second-order valence-electron chi connectivity index (χ2n) is 4.58. The average molecular weight is 250 g/mol. The molecule has 0 aromatic carbocycles. The van der Waals surface area contributed by atoms with Gasteiger partial charge in [0.25, 0.3) is 0 Å². The molecule has 0 spiro atoms. The third-order valence-corrected chi connectivity index (χ3v) is 1.81. The van der Waals surface area contributed by atoms with Gasteiger partial charge in [-0.2, -0.15) is 0 Å². The number of ether oxygens (including phenoxy) is 3. The largest absolute Gasteiger partial charge is 0.463 e. The highest BCUT2D eigenvalue weighted by atomic mass is 16.6. The number of carbonyl (C=O) groups is 1. The van der Waals surface area contributed by atoms with Gasteiger partial charge in [0.15, 0.2) is 0 Å². The molecule has 5 nitrogen and oxygen atoms in total. The first-order valence-corrected chi connectivity index (χ1v) is 5.51. The van der Waals surface area contributed by atoms with Crippen LogP contribution in [0.2, 0.25) is 0 Å². The van der Waals surface area contributed by atoms with Crippen molar-refractivity contribution < 1.29 is 23.5 Å². The predicted octanol–water partition coefficient (Wildman–Crippen LogP) is 0.925. The Balaban J connectivity index is 0. The van der Waals surface area contributed by atoms with Gasteiger partial charge >= 0.3 is 5.97 Å². The zero-order chi connectivity index (χ0) is 12.4. The maximum Gasteiger partial charge on any atom is 0.302 e. The van der Waals surface area contributed by atoms with E-state index in [0.29, 0.717) is 26.4 Å². The van der Waals surface area contributed by atoms with E-state index in [9.17, 15) is 4.79 Å². The maximum atomic E-state index is 10.4. The van der Waals surface area contributed by atoms with Crippen molar-refractivity contribution in [3.8, 4) is 0 Å². The zero-order valence-electron chi connectivity index (χ0n) is 10.8. The smallest absolute Gasteiger partial charge is 0.302 e. The van der Waals surface area contributed by atoms with Crippen LogP contribution in [-0.4, -0.2) is 71.2 Å². The highest BCUT2D eigenvalue weighted by molar-refractivity contribution is 5.65. The quantitative estimate of drug-likeness (QED) is 0.347. The van der Waals surface area contributed by atoms with Crippen LogP contribution in [0, 0.1) is 0 Å². The van der Waals surface area contributed by atoms with Crippen molar-refractivity contribution in [2.24, 2.45) is 0 Å². The summed E-state index contributed by atoms with van der Waals surface area (Å²) in [5.74, 6) is -0.275. The van der Waals surface area contributed by atoms with E-state index in [-0.39, 0.29) is 13.4 Å². The van der Waals surface area contributed by atoms with Crippen LogP contribution in [-0.2, 0) is 19.0 Å². The van der Waals surface area contributed by atoms with Gasteiger partial charge in [-0.15, -0.1) is 0 Å². The fourth-order valence-corrected chi connectivity index (χ4v) is 0.905. The van der Waals surface area contributed by atoms with Crippen LogP contribution in [0.15, 0.2) is 0 Å². The molecular weight excluding hydrogens is 222 g/mol. The molecule has 0 heterocycles. The molecule has 0 radical (unpaired) electrons. The van der Waals surface area contributed by atoms with Crippen molar-refractivity contribution in [3.05, 3.63) is 0 Å². The number of esters is 1. The lowest BCUT2D eigenvalue weighted by Gasteiger charge is -2.23. The van der Waals surface area contributed by atoms with Gasteiger partial charge in [0.05, 0.1) is 47.6 Å². The van der Waals surface area contributed by atoms with Gasteiger partial charge in [-0.1, -0.05) is 7.43 Å². The van der Waals surface area contributed by atoms with E-state index in [2.05, 4.69) is 21.1 Å². The Morgan fingerprint density at radius 2 is 1.41 bits per heavy atom. The molecule has 0 fully saturated rings. The number of nitrogens with zero attached hydrogens (tertiary/aromatic N) is 1. The molecule has 0 saturated carbocycles. The van der Waals surface area contributed by atoms with Crippen LogP contribution < -0.4 is 0 Å². The Bertz CT molecular complexity index is 189. The Labute approximate surface area is 105 Å². The monoisotopic (exact) mass is 250 g/mol. The SMILES string of the molecule is C.CC(=O)OCCOCCOCC[N+](C)(C)C. The van der Waals surface area contributed by atoms with Gasteiger partial charge in [0.2, 0.25) is 0 Å². The summed E-state index contributed by atoms with van der Waals surface area (Å²) in [6, 6.07) is 0. The predicted molar refractivity (Wildman–Crippen MR) is 67.9 cm³/mol. The third kappa shape index (κ3) is 17.9. The molecule has 0 aromatic heterocycles. The van der Waals surface area contributed by atoms with Crippen LogP contribution in [0.3, 0.4) is 0 Å². The standard InChI is InChI=1S/C11H24NO4.CH4/c1-11(13)16-10-9-15-8-7-14-6-5-12(2,3)4;/h5-10H2,1-4H3;1H4/q+1;. The van der Waals surface area contributed by atoms with E-state index >= 15 is 0 Å². The highest BCUT2D eigenvalue weighted by Crippen LogP contribution is 1.89. The Morgan fingerprint density at radius 1 is 0.941 bits per heavy atom. The number of rotatable bonds is 9. The van der Waals surface area contributed by atoms with Crippen LogP contribution in [0.4, 0.5) is 0 Å². The van der Waals surface area contributed by atoms with E-state index < -0.39 is 0 Å². The third-order valence-electron chi connectivity index (χ3n) is 1.81. The molecule has 0 aliphatic rings. The minimum atomic E-state index is -0.275. The normalized spacial score (nSPS) is 10.8. The Kier molecular flexibility index (Phi) is 11.6. The molecule has 0 bridgehead atoms. The van der Waals surface area contributed by atoms with Gasteiger partial charge < -0.3 is 18.7 Å². The van der Waals surface area contributed by atoms with Crippen molar-refractivity contribution in [1.82, 2.24) is 0 Å². The maximum absolute atomic E-state index is 10.4. The fourth-order valence-electron chi connectivity index (χ4n) is 0.905. The molecule has 0 aromatic rings.